The third kappa shape index (κ3) is 6.00. The van der Waals surface area contributed by atoms with Crippen molar-refractivity contribution in [1.29, 1.82) is 0 Å². The van der Waals surface area contributed by atoms with Crippen LogP contribution in [0, 0.1) is 0 Å². The second-order valence-corrected chi connectivity index (χ2v) is 15.8. The number of benzene rings is 9. The molecule has 12 aromatic rings. The lowest BCUT2D eigenvalue weighted by molar-refractivity contribution is 0.990. The van der Waals surface area contributed by atoms with Crippen molar-refractivity contribution in [1.82, 2.24) is 19.1 Å². The van der Waals surface area contributed by atoms with Crippen LogP contribution >= 0.6 is 0 Å². The molecule has 4 nitrogen and oxygen atoms in total. The van der Waals surface area contributed by atoms with Crippen LogP contribution in [-0.2, 0) is 0 Å². The number of nitrogens with zero attached hydrogens (tertiary/aromatic N) is 4. The summed E-state index contributed by atoms with van der Waals surface area (Å²) in [6, 6.07) is 78.2. The summed E-state index contributed by atoms with van der Waals surface area (Å²) in [5.74, 6) is 0.640. The first-order chi connectivity index (χ1) is 30.7. The van der Waals surface area contributed by atoms with Crippen LogP contribution in [0.2, 0.25) is 0 Å². The molecule has 290 valence electrons. The summed E-state index contributed by atoms with van der Waals surface area (Å²) in [6.07, 6.45) is 3.91. The molecule has 62 heavy (non-hydrogen) atoms. The minimum Gasteiger partial charge on any atom is -0.309 e. The number of aromatic nitrogens is 4. The molecule has 0 radical (unpaired) electrons. The Kier molecular flexibility index (Phi) is 8.46. The first-order valence-corrected chi connectivity index (χ1v) is 21.1. The molecule has 3 aromatic heterocycles. The van der Waals surface area contributed by atoms with E-state index < -0.39 is 0 Å². The highest BCUT2D eigenvalue weighted by atomic mass is 15.1. The first kappa shape index (κ1) is 35.6. The zero-order valence-electron chi connectivity index (χ0n) is 33.7. The Bertz CT molecular complexity index is 3590. The molecule has 9 aromatic carbocycles. The Balaban J connectivity index is 0.913. The predicted octanol–water partition coefficient (Wildman–Crippen LogP) is 15.0. The van der Waals surface area contributed by atoms with E-state index in [1.807, 2.05) is 12.4 Å². The van der Waals surface area contributed by atoms with E-state index in [4.69, 9.17) is 9.97 Å². The highest BCUT2D eigenvalue weighted by molar-refractivity contribution is 6.12. The lowest BCUT2D eigenvalue weighted by Gasteiger charge is -2.14. The van der Waals surface area contributed by atoms with Gasteiger partial charge in [0.2, 0.25) is 5.95 Å². The number of para-hydroxylation sites is 3. The van der Waals surface area contributed by atoms with Gasteiger partial charge in [-0.15, -0.1) is 0 Å². The maximum absolute atomic E-state index is 5.04. The van der Waals surface area contributed by atoms with Gasteiger partial charge in [-0.2, -0.15) is 0 Å². The van der Waals surface area contributed by atoms with Crippen LogP contribution in [0.4, 0.5) is 0 Å². The first-order valence-electron chi connectivity index (χ1n) is 21.1. The molecule has 0 amide bonds. The van der Waals surface area contributed by atoms with E-state index in [1.54, 1.807) is 0 Å². The van der Waals surface area contributed by atoms with Crippen LogP contribution in [0.3, 0.4) is 0 Å². The van der Waals surface area contributed by atoms with Gasteiger partial charge in [-0.1, -0.05) is 164 Å². The molecule has 0 N–H and O–H groups in total. The largest absolute Gasteiger partial charge is 0.309 e. The Labute approximate surface area is 359 Å². The van der Waals surface area contributed by atoms with Gasteiger partial charge in [0, 0.05) is 45.2 Å². The van der Waals surface area contributed by atoms with E-state index in [1.165, 1.54) is 66.1 Å². The molecule has 0 bridgehead atoms. The Morgan fingerprint density at radius 2 is 0.677 bits per heavy atom. The fourth-order valence-corrected chi connectivity index (χ4v) is 9.27. The van der Waals surface area contributed by atoms with Crippen molar-refractivity contribution in [3.8, 4) is 67.3 Å². The minimum absolute atomic E-state index is 0.640. The van der Waals surface area contributed by atoms with E-state index in [0.717, 1.165) is 38.8 Å². The molecule has 0 saturated carbocycles. The summed E-state index contributed by atoms with van der Waals surface area (Å²) in [4.78, 5) is 10.1. The molecular weight excluding hydrogens is 753 g/mol. The summed E-state index contributed by atoms with van der Waals surface area (Å²) in [5, 5.41) is 4.81. The predicted molar refractivity (Wildman–Crippen MR) is 258 cm³/mol. The van der Waals surface area contributed by atoms with Crippen LogP contribution in [-0.4, -0.2) is 19.1 Å². The fraction of sp³-hybridized carbons (Fsp3) is 0. The highest BCUT2D eigenvalue weighted by Crippen LogP contribution is 2.39. The van der Waals surface area contributed by atoms with E-state index in [-0.39, 0.29) is 0 Å². The van der Waals surface area contributed by atoms with Crippen LogP contribution in [0.15, 0.2) is 231 Å². The van der Waals surface area contributed by atoms with Crippen LogP contribution in [0.25, 0.3) is 111 Å². The van der Waals surface area contributed by atoms with E-state index in [9.17, 15) is 0 Å². The zero-order valence-corrected chi connectivity index (χ0v) is 33.7. The number of fused-ring (bicyclic) bond motifs is 6. The maximum atomic E-state index is 5.04. The molecule has 0 aliphatic heterocycles. The molecule has 0 fully saturated rings. The zero-order chi connectivity index (χ0) is 41.0. The summed E-state index contributed by atoms with van der Waals surface area (Å²) in [6.45, 7) is 0. The molecule has 3 heterocycles. The second-order valence-electron chi connectivity index (χ2n) is 15.8. The van der Waals surface area contributed by atoms with E-state index in [0.29, 0.717) is 5.95 Å². The quantitative estimate of drug-likeness (QED) is 0.161. The topological polar surface area (TPSA) is 35.6 Å². The lowest BCUT2D eigenvalue weighted by atomic mass is 9.91. The fourth-order valence-electron chi connectivity index (χ4n) is 9.27. The Hall–Kier alpha value is -8.34. The van der Waals surface area contributed by atoms with E-state index in [2.05, 4.69) is 228 Å². The molecule has 0 aliphatic rings. The molecule has 0 unspecified atom stereocenters. The number of hydrogen-bond acceptors (Lipinski definition) is 2. The smallest absolute Gasteiger partial charge is 0.234 e. The van der Waals surface area contributed by atoms with Gasteiger partial charge in [-0.3, -0.25) is 4.57 Å². The molecule has 4 heteroatoms. The monoisotopic (exact) mass is 790 g/mol. The van der Waals surface area contributed by atoms with Gasteiger partial charge in [0.25, 0.3) is 0 Å². The third-order valence-electron chi connectivity index (χ3n) is 12.3. The van der Waals surface area contributed by atoms with Crippen molar-refractivity contribution in [3.63, 3.8) is 0 Å². The lowest BCUT2D eigenvalue weighted by Crippen LogP contribution is -2.00. The summed E-state index contributed by atoms with van der Waals surface area (Å²) in [5.41, 5.74) is 17.2. The average molecular weight is 791 g/mol. The van der Waals surface area contributed by atoms with Crippen LogP contribution in [0.1, 0.15) is 0 Å². The van der Waals surface area contributed by atoms with Crippen molar-refractivity contribution in [3.05, 3.63) is 231 Å². The number of hydrogen-bond donors (Lipinski definition) is 0. The standard InChI is InChI=1S/C58H38N4/c1-4-14-39(15-5-1)40-24-26-42(27-25-40)48-31-28-45(34-51(48)41-16-6-2-7-17-41)46-37-59-58(60-38-46)62-55-23-13-11-21-50(55)53-36-44(30-33-57(53)62)43-29-32-56-52(35-43)49-20-10-12-22-54(49)61(56)47-18-8-3-9-19-47/h1-38H. The van der Waals surface area contributed by atoms with Crippen molar-refractivity contribution in [2.24, 2.45) is 0 Å². The van der Waals surface area contributed by atoms with Gasteiger partial charge in [-0.05, 0) is 105 Å². The van der Waals surface area contributed by atoms with Gasteiger partial charge in [-0.25, -0.2) is 9.97 Å². The molecule has 0 aliphatic carbocycles. The van der Waals surface area contributed by atoms with Crippen LogP contribution in [0.5, 0.6) is 0 Å². The summed E-state index contributed by atoms with van der Waals surface area (Å²) >= 11 is 0. The van der Waals surface area contributed by atoms with Gasteiger partial charge < -0.3 is 4.57 Å². The van der Waals surface area contributed by atoms with Gasteiger partial charge in [0.15, 0.2) is 0 Å². The second kappa shape index (κ2) is 14.7. The Morgan fingerprint density at radius 1 is 0.258 bits per heavy atom. The molecular formula is C58H38N4. The van der Waals surface area contributed by atoms with Crippen molar-refractivity contribution < 1.29 is 0 Å². The molecule has 0 saturated heterocycles. The summed E-state index contributed by atoms with van der Waals surface area (Å²) in [7, 11) is 0. The minimum atomic E-state index is 0.640. The van der Waals surface area contributed by atoms with Crippen molar-refractivity contribution in [2.45, 2.75) is 0 Å². The summed E-state index contributed by atoms with van der Waals surface area (Å²) < 4.78 is 4.55. The van der Waals surface area contributed by atoms with E-state index >= 15 is 0 Å². The molecule has 12 rings (SSSR count). The van der Waals surface area contributed by atoms with Crippen LogP contribution < -0.4 is 0 Å². The third-order valence-corrected chi connectivity index (χ3v) is 12.3. The van der Waals surface area contributed by atoms with Crippen molar-refractivity contribution >= 4 is 43.6 Å². The normalized spacial score (nSPS) is 11.5. The average Bonchev–Trinajstić information content (AvgIpc) is 3.87. The Morgan fingerprint density at radius 3 is 1.31 bits per heavy atom. The maximum Gasteiger partial charge on any atom is 0.234 e. The van der Waals surface area contributed by atoms with Gasteiger partial charge in [0.1, 0.15) is 0 Å². The van der Waals surface area contributed by atoms with Gasteiger partial charge in [0.05, 0.1) is 22.1 Å². The SMILES string of the molecule is c1ccc(-c2ccc(-c3ccc(-c4cnc(-n5c6ccccc6c6cc(-c7ccc8c(c7)c7ccccc7n8-c7ccccc7)ccc65)nc4)cc3-c3ccccc3)cc2)cc1. The van der Waals surface area contributed by atoms with Crippen molar-refractivity contribution in [2.75, 3.05) is 0 Å². The van der Waals surface area contributed by atoms with Gasteiger partial charge >= 0.3 is 0 Å². The highest BCUT2D eigenvalue weighted by Gasteiger charge is 2.18. The molecule has 0 atom stereocenters. The molecule has 0 spiro atoms. The number of rotatable bonds is 7.